The van der Waals surface area contributed by atoms with Gasteiger partial charge >= 0.3 is 0 Å². The molecule has 3 heterocycles. The molecule has 4 rings (SSSR count). The van der Waals surface area contributed by atoms with Crippen molar-refractivity contribution in [2.24, 2.45) is 0 Å². The molecular formula is C17H14BrFN2O. The number of ether oxygens (including phenoxy) is 1. The van der Waals surface area contributed by atoms with E-state index in [1.165, 1.54) is 17.2 Å². The number of dihydropyridines is 2. The first-order valence-electron chi connectivity index (χ1n) is 7.10. The van der Waals surface area contributed by atoms with Crippen LogP contribution in [0.4, 0.5) is 4.39 Å². The average molecular weight is 361 g/mol. The molecule has 1 unspecified atom stereocenters. The highest BCUT2D eigenvalue weighted by Gasteiger charge is 2.31. The SMILES string of the molecule is Fc1ccc(C2C3=C(CNC=C3)NC3=C2C=COC3)cc1Br. The molecule has 0 aliphatic carbocycles. The molecule has 0 saturated carbocycles. The van der Waals surface area contributed by atoms with Gasteiger partial charge < -0.3 is 15.4 Å². The normalized spacial score (nSPS) is 22.5. The fourth-order valence-electron chi connectivity index (χ4n) is 3.12. The quantitative estimate of drug-likeness (QED) is 0.804. The molecular weight excluding hydrogens is 347 g/mol. The second kappa shape index (κ2) is 5.32. The lowest BCUT2D eigenvalue weighted by atomic mass is 9.79. The summed E-state index contributed by atoms with van der Waals surface area (Å²) in [5, 5.41) is 6.69. The van der Waals surface area contributed by atoms with Crippen molar-refractivity contribution in [1.29, 1.82) is 0 Å². The van der Waals surface area contributed by atoms with Crippen LogP contribution >= 0.6 is 15.9 Å². The van der Waals surface area contributed by atoms with Crippen LogP contribution in [-0.4, -0.2) is 13.2 Å². The molecule has 112 valence electrons. The Morgan fingerprint density at radius 1 is 1.18 bits per heavy atom. The molecule has 22 heavy (non-hydrogen) atoms. The van der Waals surface area contributed by atoms with E-state index < -0.39 is 0 Å². The van der Waals surface area contributed by atoms with Crippen molar-refractivity contribution in [3.8, 4) is 0 Å². The maximum Gasteiger partial charge on any atom is 0.137 e. The number of rotatable bonds is 1. The summed E-state index contributed by atoms with van der Waals surface area (Å²) in [5.41, 5.74) is 5.67. The topological polar surface area (TPSA) is 33.3 Å². The van der Waals surface area contributed by atoms with Crippen LogP contribution in [0.5, 0.6) is 0 Å². The average Bonchev–Trinajstić information content (AvgIpc) is 2.55. The Hall–Kier alpha value is -2.01. The monoisotopic (exact) mass is 360 g/mol. The molecule has 1 atom stereocenters. The fraction of sp³-hybridized carbons (Fsp3) is 0.176. The molecule has 0 amide bonds. The third-order valence-corrected chi connectivity index (χ3v) is 4.74. The van der Waals surface area contributed by atoms with E-state index in [4.69, 9.17) is 4.74 Å². The van der Waals surface area contributed by atoms with Gasteiger partial charge in [0.25, 0.3) is 0 Å². The van der Waals surface area contributed by atoms with Crippen LogP contribution in [0.25, 0.3) is 0 Å². The van der Waals surface area contributed by atoms with E-state index in [9.17, 15) is 4.39 Å². The number of hydrogen-bond donors (Lipinski definition) is 2. The lowest BCUT2D eigenvalue weighted by Crippen LogP contribution is -2.35. The Morgan fingerprint density at radius 3 is 2.91 bits per heavy atom. The minimum atomic E-state index is -0.246. The lowest BCUT2D eigenvalue weighted by Gasteiger charge is -2.35. The van der Waals surface area contributed by atoms with Crippen molar-refractivity contribution >= 4 is 15.9 Å². The molecule has 3 nitrogen and oxygen atoms in total. The van der Waals surface area contributed by atoms with E-state index in [0.717, 1.165) is 23.5 Å². The van der Waals surface area contributed by atoms with Gasteiger partial charge in [-0.2, -0.15) is 0 Å². The summed E-state index contributed by atoms with van der Waals surface area (Å²) < 4.78 is 19.5. The molecule has 0 radical (unpaired) electrons. The summed E-state index contributed by atoms with van der Waals surface area (Å²) in [4.78, 5) is 0. The molecule has 0 aromatic heterocycles. The van der Waals surface area contributed by atoms with E-state index >= 15 is 0 Å². The van der Waals surface area contributed by atoms with Gasteiger partial charge in [-0.3, -0.25) is 0 Å². The van der Waals surface area contributed by atoms with Crippen molar-refractivity contribution < 1.29 is 9.13 Å². The van der Waals surface area contributed by atoms with Crippen molar-refractivity contribution in [2.45, 2.75) is 5.92 Å². The number of allylic oxidation sites excluding steroid dienone is 4. The first-order valence-corrected chi connectivity index (χ1v) is 7.89. The molecule has 3 aliphatic rings. The molecule has 1 aromatic rings. The van der Waals surface area contributed by atoms with Crippen molar-refractivity contribution in [1.82, 2.24) is 10.6 Å². The van der Waals surface area contributed by atoms with Crippen molar-refractivity contribution in [3.63, 3.8) is 0 Å². The lowest BCUT2D eigenvalue weighted by molar-refractivity contribution is 0.265. The largest absolute Gasteiger partial charge is 0.495 e. The van der Waals surface area contributed by atoms with Crippen LogP contribution in [-0.2, 0) is 4.74 Å². The summed E-state index contributed by atoms with van der Waals surface area (Å²) in [6, 6.07) is 5.22. The second-order valence-electron chi connectivity index (χ2n) is 5.43. The predicted molar refractivity (Wildman–Crippen MR) is 86.3 cm³/mol. The Balaban J connectivity index is 1.87. The van der Waals surface area contributed by atoms with Crippen LogP contribution < -0.4 is 10.6 Å². The summed E-state index contributed by atoms with van der Waals surface area (Å²) in [5.74, 6) is -0.161. The summed E-state index contributed by atoms with van der Waals surface area (Å²) in [6.45, 7) is 1.29. The van der Waals surface area contributed by atoms with Crippen molar-refractivity contribution in [3.05, 3.63) is 81.2 Å². The van der Waals surface area contributed by atoms with Gasteiger partial charge in [-0.15, -0.1) is 0 Å². The number of hydrogen-bond acceptors (Lipinski definition) is 3. The molecule has 2 N–H and O–H groups in total. The number of nitrogens with one attached hydrogen (secondary N) is 2. The van der Waals surface area contributed by atoms with Crippen LogP contribution in [0, 0.1) is 5.82 Å². The Morgan fingerprint density at radius 2 is 2.05 bits per heavy atom. The molecule has 3 aliphatic heterocycles. The summed E-state index contributed by atoms with van der Waals surface area (Å²) in [7, 11) is 0. The Labute approximate surface area is 136 Å². The molecule has 0 spiro atoms. The van der Waals surface area contributed by atoms with Crippen LogP contribution in [0.3, 0.4) is 0 Å². The van der Waals surface area contributed by atoms with Gasteiger partial charge in [0.05, 0.1) is 23.0 Å². The van der Waals surface area contributed by atoms with Crippen molar-refractivity contribution in [2.75, 3.05) is 13.2 Å². The molecule has 0 fully saturated rings. The molecule has 0 bridgehead atoms. The molecule has 5 heteroatoms. The zero-order valence-electron chi connectivity index (χ0n) is 11.7. The van der Waals surface area contributed by atoms with Gasteiger partial charge in [0, 0.05) is 11.6 Å². The maximum atomic E-state index is 13.6. The summed E-state index contributed by atoms with van der Waals surface area (Å²) >= 11 is 3.29. The smallest absolute Gasteiger partial charge is 0.137 e. The van der Waals surface area contributed by atoms with E-state index in [-0.39, 0.29) is 11.7 Å². The van der Waals surface area contributed by atoms with E-state index in [1.807, 2.05) is 24.4 Å². The van der Waals surface area contributed by atoms with Gasteiger partial charge in [0.15, 0.2) is 0 Å². The van der Waals surface area contributed by atoms with E-state index in [0.29, 0.717) is 11.1 Å². The molecule has 1 aromatic carbocycles. The first kappa shape index (κ1) is 13.6. The highest BCUT2D eigenvalue weighted by molar-refractivity contribution is 9.10. The van der Waals surface area contributed by atoms with E-state index in [1.54, 1.807) is 6.26 Å². The first-order chi connectivity index (χ1) is 10.7. The minimum Gasteiger partial charge on any atom is -0.495 e. The Bertz CT molecular complexity index is 726. The third-order valence-electron chi connectivity index (χ3n) is 4.13. The van der Waals surface area contributed by atoms with Gasteiger partial charge in [-0.1, -0.05) is 6.07 Å². The van der Waals surface area contributed by atoms with Gasteiger partial charge in [-0.05, 0) is 63.1 Å². The second-order valence-corrected chi connectivity index (χ2v) is 6.28. The van der Waals surface area contributed by atoms with Crippen LogP contribution in [0.2, 0.25) is 0 Å². The Kier molecular flexibility index (Phi) is 3.30. The summed E-state index contributed by atoms with van der Waals surface area (Å²) in [6.07, 6.45) is 7.76. The van der Waals surface area contributed by atoms with Crippen LogP contribution in [0.15, 0.2) is 69.8 Å². The van der Waals surface area contributed by atoms with Gasteiger partial charge in [0.1, 0.15) is 12.4 Å². The van der Waals surface area contributed by atoms with E-state index in [2.05, 4.69) is 32.6 Å². The maximum absolute atomic E-state index is 13.6. The predicted octanol–water partition coefficient (Wildman–Crippen LogP) is 3.44. The van der Waals surface area contributed by atoms with Crippen LogP contribution in [0.1, 0.15) is 11.5 Å². The van der Waals surface area contributed by atoms with Gasteiger partial charge in [-0.25, -0.2) is 4.39 Å². The third kappa shape index (κ3) is 2.16. The minimum absolute atomic E-state index is 0.0849. The molecule has 0 saturated heterocycles. The highest BCUT2D eigenvalue weighted by atomic mass is 79.9. The zero-order chi connectivity index (χ0) is 15.1. The zero-order valence-corrected chi connectivity index (χ0v) is 13.3. The highest BCUT2D eigenvalue weighted by Crippen LogP contribution is 2.41. The fourth-order valence-corrected chi connectivity index (χ4v) is 3.51. The van der Waals surface area contributed by atoms with Gasteiger partial charge in [0.2, 0.25) is 0 Å². The number of halogens is 2. The standard InChI is InChI=1S/C17H14BrFN2O/c18-13-7-10(1-2-14(13)19)17-11-3-5-20-8-15(11)21-16-9-22-6-4-12(16)17/h1-7,17,20-21H,8-9H2. The number of benzene rings is 1.